The number of carbonyl (C=O) groups excluding carboxylic acids is 2. The molecule has 186 valence electrons. The quantitative estimate of drug-likeness (QED) is 0.487. The number of nitrogens with one attached hydrogen (secondary N) is 1. The van der Waals surface area contributed by atoms with Gasteiger partial charge in [-0.05, 0) is 65.9 Å². The van der Waals surface area contributed by atoms with Crippen LogP contribution in [0.25, 0.3) is 11.1 Å². The summed E-state index contributed by atoms with van der Waals surface area (Å²) in [6.45, 7) is 0.138. The van der Waals surface area contributed by atoms with E-state index in [9.17, 15) is 22.8 Å². The Kier molecular flexibility index (Phi) is 5.86. The Morgan fingerprint density at radius 1 is 0.972 bits per heavy atom. The molecule has 1 aliphatic heterocycles. The Morgan fingerprint density at radius 2 is 1.69 bits per heavy atom. The molecule has 0 saturated heterocycles. The van der Waals surface area contributed by atoms with Crippen molar-refractivity contribution in [1.82, 2.24) is 5.32 Å². The molecule has 0 aromatic heterocycles. The van der Waals surface area contributed by atoms with Gasteiger partial charge < -0.3 is 19.5 Å². The number of hydrogen-bond donors (Lipinski definition) is 1. The molecule has 0 spiro atoms. The molecule has 2 aliphatic rings. The minimum atomic E-state index is -4.88. The summed E-state index contributed by atoms with van der Waals surface area (Å²) in [5.41, 5.74) is 1.73. The van der Waals surface area contributed by atoms with Gasteiger partial charge in [-0.2, -0.15) is 0 Å². The third kappa shape index (κ3) is 4.60. The zero-order valence-corrected chi connectivity index (χ0v) is 19.3. The molecule has 1 N–H and O–H groups in total. The van der Waals surface area contributed by atoms with E-state index in [0.29, 0.717) is 41.0 Å². The van der Waals surface area contributed by atoms with Crippen molar-refractivity contribution in [3.63, 3.8) is 0 Å². The third-order valence-electron chi connectivity index (χ3n) is 6.53. The number of hydrogen-bond acceptors (Lipinski definition) is 5. The van der Waals surface area contributed by atoms with E-state index in [1.165, 1.54) is 37.4 Å². The Morgan fingerprint density at radius 3 is 2.36 bits per heavy atom. The first-order valence-corrected chi connectivity index (χ1v) is 11.3. The van der Waals surface area contributed by atoms with E-state index in [0.717, 1.165) is 5.56 Å². The van der Waals surface area contributed by atoms with Crippen molar-refractivity contribution in [2.45, 2.75) is 31.0 Å². The van der Waals surface area contributed by atoms with Crippen molar-refractivity contribution in [3.05, 3.63) is 77.4 Å². The average molecular weight is 497 g/mol. The van der Waals surface area contributed by atoms with Crippen molar-refractivity contribution >= 4 is 11.7 Å². The molecule has 0 unspecified atom stereocenters. The molecule has 1 heterocycles. The number of carbonyl (C=O) groups is 2. The number of amides is 1. The molecule has 1 aliphatic carbocycles. The summed E-state index contributed by atoms with van der Waals surface area (Å²) < 4.78 is 54.2. The first-order valence-electron chi connectivity index (χ1n) is 11.3. The predicted octanol–water partition coefficient (Wildman–Crippen LogP) is 5.18. The van der Waals surface area contributed by atoms with Gasteiger partial charge in [-0.25, -0.2) is 0 Å². The second-order valence-electron chi connectivity index (χ2n) is 8.78. The van der Waals surface area contributed by atoms with Crippen LogP contribution in [-0.2, 0) is 16.6 Å². The summed E-state index contributed by atoms with van der Waals surface area (Å²) in [6, 6.07) is 15.8. The van der Waals surface area contributed by atoms with Crippen molar-refractivity contribution in [2.75, 3.05) is 13.8 Å². The molecular weight excluding hydrogens is 475 g/mol. The molecule has 0 atom stereocenters. The molecular formula is C27H22F3NO5. The van der Waals surface area contributed by atoms with Gasteiger partial charge in [0.1, 0.15) is 11.5 Å². The average Bonchev–Trinajstić information content (AvgIpc) is 3.54. The number of Topliss-reactive ketones (excluding diaryl/α,β-unsaturated/α-hetero) is 1. The number of halogens is 3. The lowest BCUT2D eigenvalue weighted by atomic mass is 9.87. The van der Waals surface area contributed by atoms with E-state index >= 15 is 0 Å². The molecule has 1 fully saturated rings. The topological polar surface area (TPSA) is 73.9 Å². The van der Waals surface area contributed by atoms with Crippen molar-refractivity contribution < 1.29 is 37.0 Å². The van der Waals surface area contributed by atoms with Crippen molar-refractivity contribution in [3.8, 4) is 28.4 Å². The van der Waals surface area contributed by atoms with Gasteiger partial charge in [0, 0.05) is 24.6 Å². The van der Waals surface area contributed by atoms with Gasteiger partial charge in [0.25, 0.3) is 5.91 Å². The first kappa shape index (κ1) is 23.7. The van der Waals surface area contributed by atoms with Crippen LogP contribution < -0.4 is 19.5 Å². The van der Waals surface area contributed by atoms with Gasteiger partial charge in [0.15, 0.2) is 11.5 Å². The van der Waals surface area contributed by atoms with Crippen LogP contribution in [0.3, 0.4) is 0 Å². The molecule has 3 aromatic carbocycles. The highest BCUT2D eigenvalue weighted by atomic mass is 19.4. The molecule has 9 heteroatoms. The molecule has 6 nitrogen and oxygen atoms in total. The maximum absolute atomic E-state index is 13.4. The molecule has 36 heavy (non-hydrogen) atoms. The standard InChI is InChI=1S/C27H22F3NO5/c1-31-25(33)18-5-3-17(4-6-18)20-12-16(2-8-21(20)36-27(28,29)30)13-24(32)26(10-11-26)19-7-9-22-23(14-19)35-15-34-22/h2-9,12,14H,10-11,13,15H2,1H3,(H,31,33). The van der Waals surface area contributed by atoms with E-state index in [2.05, 4.69) is 10.1 Å². The van der Waals surface area contributed by atoms with Crippen LogP contribution in [0.2, 0.25) is 0 Å². The van der Waals surface area contributed by atoms with Gasteiger partial charge in [0.2, 0.25) is 6.79 Å². The maximum atomic E-state index is 13.4. The summed E-state index contributed by atoms with van der Waals surface area (Å²) in [7, 11) is 1.49. The number of benzene rings is 3. The zero-order valence-electron chi connectivity index (χ0n) is 19.3. The van der Waals surface area contributed by atoms with Crippen LogP contribution in [0.5, 0.6) is 17.2 Å². The van der Waals surface area contributed by atoms with E-state index < -0.39 is 11.8 Å². The summed E-state index contributed by atoms with van der Waals surface area (Å²) in [4.78, 5) is 25.2. The molecule has 0 radical (unpaired) electrons. The van der Waals surface area contributed by atoms with E-state index in [1.54, 1.807) is 18.2 Å². The van der Waals surface area contributed by atoms with Gasteiger partial charge in [-0.1, -0.05) is 24.3 Å². The zero-order chi connectivity index (χ0) is 25.5. The minimum Gasteiger partial charge on any atom is -0.454 e. The summed E-state index contributed by atoms with van der Waals surface area (Å²) >= 11 is 0. The largest absolute Gasteiger partial charge is 0.573 e. The predicted molar refractivity (Wildman–Crippen MR) is 124 cm³/mol. The van der Waals surface area contributed by atoms with Gasteiger partial charge in [0.05, 0.1) is 5.41 Å². The molecule has 1 saturated carbocycles. The van der Waals surface area contributed by atoms with Gasteiger partial charge in [-0.3, -0.25) is 9.59 Å². The van der Waals surface area contributed by atoms with E-state index in [1.807, 2.05) is 12.1 Å². The highest BCUT2D eigenvalue weighted by Crippen LogP contribution is 2.51. The molecule has 5 rings (SSSR count). The number of fused-ring (bicyclic) bond motifs is 1. The van der Waals surface area contributed by atoms with Crippen LogP contribution in [0.15, 0.2) is 60.7 Å². The van der Waals surface area contributed by atoms with Gasteiger partial charge in [-0.15, -0.1) is 13.2 Å². The van der Waals surface area contributed by atoms with Crippen molar-refractivity contribution in [1.29, 1.82) is 0 Å². The number of rotatable bonds is 7. The van der Waals surface area contributed by atoms with E-state index in [4.69, 9.17) is 9.47 Å². The fourth-order valence-corrected chi connectivity index (χ4v) is 4.47. The van der Waals surface area contributed by atoms with Crippen LogP contribution >= 0.6 is 0 Å². The third-order valence-corrected chi connectivity index (χ3v) is 6.53. The summed E-state index contributed by atoms with van der Waals surface area (Å²) in [5.74, 6) is 0.512. The minimum absolute atomic E-state index is 0.0215. The lowest BCUT2D eigenvalue weighted by Crippen LogP contribution is -2.22. The smallest absolute Gasteiger partial charge is 0.454 e. The fourth-order valence-electron chi connectivity index (χ4n) is 4.47. The normalized spacial score (nSPS) is 15.3. The van der Waals surface area contributed by atoms with Crippen LogP contribution in [0, 0.1) is 0 Å². The Hall–Kier alpha value is -4.01. The number of ketones is 1. The number of alkyl halides is 3. The fraction of sp³-hybridized carbons (Fsp3) is 0.259. The highest BCUT2D eigenvalue weighted by Gasteiger charge is 2.50. The van der Waals surface area contributed by atoms with Gasteiger partial charge >= 0.3 is 6.36 Å². The number of ether oxygens (including phenoxy) is 3. The Balaban J connectivity index is 1.44. The molecule has 3 aromatic rings. The summed E-state index contributed by atoms with van der Waals surface area (Å²) in [5, 5.41) is 2.50. The Bertz CT molecular complexity index is 1330. The molecule has 1 amide bonds. The summed E-state index contributed by atoms with van der Waals surface area (Å²) in [6.07, 6.45) is -3.46. The SMILES string of the molecule is CNC(=O)c1ccc(-c2cc(CC(=O)C3(c4ccc5c(c4)OCO5)CC3)ccc2OC(F)(F)F)cc1. The monoisotopic (exact) mass is 497 g/mol. The van der Waals surface area contributed by atoms with Crippen LogP contribution in [0.4, 0.5) is 13.2 Å². The van der Waals surface area contributed by atoms with Crippen molar-refractivity contribution in [2.24, 2.45) is 0 Å². The van der Waals surface area contributed by atoms with E-state index in [-0.39, 0.29) is 36.2 Å². The lowest BCUT2D eigenvalue weighted by Gasteiger charge is -2.17. The molecule has 0 bridgehead atoms. The first-order chi connectivity index (χ1) is 17.2. The van der Waals surface area contributed by atoms with Crippen LogP contribution in [-0.4, -0.2) is 31.9 Å². The maximum Gasteiger partial charge on any atom is 0.573 e. The second-order valence-corrected chi connectivity index (χ2v) is 8.78. The lowest BCUT2D eigenvalue weighted by molar-refractivity contribution is -0.274. The van der Waals surface area contributed by atoms with Crippen LogP contribution in [0.1, 0.15) is 34.3 Å². The Labute approximate surface area is 205 Å². The second kappa shape index (κ2) is 8.89. The highest BCUT2D eigenvalue weighted by molar-refractivity contribution is 5.96.